The van der Waals surface area contributed by atoms with Gasteiger partial charge in [-0.15, -0.1) is 0 Å². The summed E-state index contributed by atoms with van der Waals surface area (Å²) in [6, 6.07) is 1.43. The Balaban J connectivity index is 1.98. The average molecular weight is 261 g/mol. The lowest BCUT2D eigenvalue weighted by Gasteiger charge is -2.07. The van der Waals surface area contributed by atoms with Gasteiger partial charge < -0.3 is 20.7 Å². The first kappa shape index (κ1) is 12.9. The van der Waals surface area contributed by atoms with Gasteiger partial charge in [-0.25, -0.2) is 14.8 Å². The maximum atomic E-state index is 10.9. The van der Waals surface area contributed by atoms with Gasteiger partial charge in [0.2, 0.25) is 0 Å². The Morgan fingerprint density at radius 2 is 2.32 bits per heavy atom. The predicted octanol–water partition coefficient (Wildman–Crippen LogP) is 0.750. The van der Waals surface area contributed by atoms with Gasteiger partial charge in [0.15, 0.2) is 0 Å². The molecule has 0 unspecified atom stereocenters. The SMILES string of the molecule is Cn1ccnc1CCNc1cc(C(=O)O)c(N)cn1. The number of rotatable bonds is 5. The van der Waals surface area contributed by atoms with E-state index in [0.717, 1.165) is 12.2 Å². The topological polar surface area (TPSA) is 106 Å². The van der Waals surface area contributed by atoms with Crippen LogP contribution in [0.2, 0.25) is 0 Å². The van der Waals surface area contributed by atoms with Gasteiger partial charge in [0.25, 0.3) is 0 Å². The number of nitrogens with one attached hydrogen (secondary N) is 1. The van der Waals surface area contributed by atoms with E-state index in [1.807, 2.05) is 17.8 Å². The molecular formula is C12H15N5O2. The summed E-state index contributed by atoms with van der Waals surface area (Å²) in [5.41, 5.74) is 5.74. The van der Waals surface area contributed by atoms with Crippen molar-refractivity contribution in [2.75, 3.05) is 17.6 Å². The van der Waals surface area contributed by atoms with Crippen LogP contribution in [-0.2, 0) is 13.5 Å². The third-order valence-electron chi connectivity index (χ3n) is 2.74. The largest absolute Gasteiger partial charge is 0.478 e. The Hall–Kier alpha value is -2.57. The van der Waals surface area contributed by atoms with Gasteiger partial charge in [0.05, 0.1) is 17.4 Å². The highest BCUT2D eigenvalue weighted by Gasteiger charge is 2.09. The summed E-state index contributed by atoms with van der Waals surface area (Å²) in [4.78, 5) is 19.2. The standard InChI is InChI=1S/C12H15N5O2/c1-17-5-4-15-11(17)2-3-14-10-6-8(12(18)19)9(13)7-16-10/h4-7H,2-3,13H2,1H3,(H,14,16)(H,18,19). The van der Waals surface area contributed by atoms with Crippen LogP contribution in [0.4, 0.5) is 11.5 Å². The fourth-order valence-electron chi connectivity index (χ4n) is 1.69. The van der Waals surface area contributed by atoms with Crippen LogP contribution in [0.25, 0.3) is 0 Å². The number of pyridine rings is 1. The van der Waals surface area contributed by atoms with E-state index >= 15 is 0 Å². The highest BCUT2D eigenvalue weighted by atomic mass is 16.4. The molecule has 0 aromatic carbocycles. The van der Waals surface area contributed by atoms with Gasteiger partial charge >= 0.3 is 5.97 Å². The number of aromatic carboxylic acids is 1. The number of carbonyl (C=O) groups is 1. The first-order valence-electron chi connectivity index (χ1n) is 5.77. The molecule has 7 nitrogen and oxygen atoms in total. The number of nitrogens with zero attached hydrogens (tertiary/aromatic N) is 3. The summed E-state index contributed by atoms with van der Waals surface area (Å²) in [7, 11) is 1.92. The first-order valence-corrected chi connectivity index (χ1v) is 5.77. The monoisotopic (exact) mass is 261 g/mol. The van der Waals surface area contributed by atoms with Crippen molar-refractivity contribution in [1.29, 1.82) is 0 Å². The summed E-state index contributed by atoms with van der Waals surface area (Å²) in [6.07, 6.45) is 5.67. The third kappa shape index (κ3) is 3.01. The van der Waals surface area contributed by atoms with Crippen LogP contribution in [0.3, 0.4) is 0 Å². The highest BCUT2D eigenvalue weighted by Crippen LogP contribution is 2.14. The molecule has 2 aromatic rings. The number of hydrogen-bond acceptors (Lipinski definition) is 5. The minimum absolute atomic E-state index is 0.0505. The summed E-state index contributed by atoms with van der Waals surface area (Å²) in [5.74, 6) is 0.370. The number of carboxylic acids is 1. The molecule has 0 spiro atoms. The minimum atomic E-state index is -1.06. The molecule has 2 rings (SSSR count). The Morgan fingerprint density at radius 3 is 2.95 bits per heavy atom. The van der Waals surface area contributed by atoms with Crippen LogP contribution in [0, 0.1) is 0 Å². The number of aromatic nitrogens is 3. The van der Waals surface area contributed by atoms with Crippen LogP contribution in [-0.4, -0.2) is 32.2 Å². The summed E-state index contributed by atoms with van der Waals surface area (Å²) in [5, 5.41) is 12.0. The van der Waals surface area contributed by atoms with Crippen molar-refractivity contribution >= 4 is 17.5 Å². The first-order chi connectivity index (χ1) is 9.08. The lowest BCUT2D eigenvalue weighted by atomic mass is 10.2. The van der Waals surface area contributed by atoms with Gasteiger partial charge in [0.1, 0.15) is 11.6 Å². The van der Waals surface area contributed by atoms with Crippen molar-refractivity contribution in [3.05, 3.63) is 36.0 Å². The highest BCUT2D eigenvalue weighted by molar-refractivity contribution is 5.94. The summed E-state index contributed by atoms with van der Waals surface area (Å²) in [6.45, 7) is 0.612. The molecule has 19 heavy (non-hydrogen) atoms. The summed E-state index contributed by atoms with van der Waals surface area (Å²) >= 11 is 0. The molecule has 0 saturated carbocycles. The van der Waals surface area contributed by atoms with Crippen LogP contribution in [0.15, 0.2) is 24.7 Å². The number of nitrogen functional groups attached to an aromatic ring is 1. The molecule has 0 atom stereocenters. The average Bonchev–Trinajstić information content (AvgIpc) is 2.77. The van der Waals surface area contributed by atoms with E-state index in [9.17, 15) is 4.79 Å². The second kappa shape index (κ2) is 5.38. The van der Waals surface area contributed by atoms with Crippen molar-refractivity contribution in [2.45, 2.75) is 6.42 Å². The molecule has 0 aliphatic heterocycles. The predicted molar refractivity (Wildman–Crippen MR) is 71.0 cm³/mol. The fraction of sp³-hybridized carbons (Fsp3) is 0.250. The second-order valence-corrected chi connectivity index (χ2v) is 4.09. The van der Waals surface area contributed by atoms with Gasteiger partial charge in [-0.1, -0.05) is 0 Å². The van der Waals surface area contributed by atoms with Crippen molar-refractivity contribution in [2.24, 2.45) is 7.05 Å². The minimum Gasteiger partial charge on any atom is -0.478 e. The Kier molecular flexibility index (Phi) is 3.65. The molecule has 0 aliphatic carbocycles. The lowest BCUT2D eigenvalue weighted by molar-refractivity contribution is 0.0698. The fourth-order valence-corrected chi connectivity index (χ4v) is 1.69. The second-order valence-electron chi connectivity index (χ2n) is 4.09. The van der Waals surface area contributed by atoms with Crippen molar-refractivity contribution in [3.8, 4) is 0 Å². The van der Waals surface area contributed by atoms with Gasteiger partial charge in [0, 0.05) is 32.4 Å². The Bertz CT molecular complexity index is 594. The number of nitrogens with two attached hydrogens (primary N) is 1. The zero-order chi connectivity index (χ0) is 13.8. The Morgan fingerprint density at radius 1 is 1.53 bits per heavy atom. The third-order valence-corrected chi connectivity index (χ3v) is 2.74. The van der Waals surface area contributed by atoms with Crippen LogP contribution < -0.4 is 11.1 Å². The molecule has 100 valence electrons. The molecule has 4 N–H and O–H groups in total. The smallest absolute Gasteiger partial charge is 0.337 e. The number of carboxylic acid groups (broad SMARTS) is 1. The van der Waals surface area contributed by atoms with Crippen molar-refractivity contribution < 1.29 is 9.90 Å². The van der Waals surface area contributed by atoms with E-state index in [0.29, 0.717) is 12.4 Å². The number of imidazole rings is 1. The molecule has 7 heteroatoms. The van der Waals surface area contributed by atoms with E-state index in [2.05, 4.69) is 15.3 Å². The zero-order valence-corrected chi connectivity index (χ0v) is 10.5. The maximum absolute atomic E-state index is 10.9. The number of aryl methyl sites for hydroxylation is 1. The quantitative estimate of drug-likeness (QED) is 0.733. The summed E-state index contributed by atoms with van der Waals surface area (Å²) < 4.78 is 1.93. The van der Waals surface area contributed by atoms with E-state index < -0.39 is 5.97 Å². The number of hydrogen-bond donors (Lipinski definition) is 3. The van der Waals surface area contributed by atoms with E-state index in [-0.39, 0.29) is 11.3 Å². The normalized spacial score (nSPS) is 10.4. The van der Waals surface area contributed by atoms with Crippen LogP contribution in [0.5, 0.6) is 0 Å². The Labute approximate surface area is 110 Å². The van der Waals surface area contributed by atoms with Crippen LogP contribution >= 0.6 is 0 Å². The zero-order valence-electron chi connectivity index (χ0n) is 10.5. The molecule has 2 heterocycles. The molecule has 0 bridgehead atoms. The van der Waals surface area contributed by atoms with Crippen molar-refractivity contribution in [1.82, 2.24) is 14.5 Å². The van der Waals surface area contributed by atoms with Crippen molar-refractivity contribution in [3.63, 3.8) is 0 Å². The molecule has 2 aromatic heterocycles. The van der Waals surface area contributed by atoms with E-state index in [4.69, 9.17) is 10.8 Å². The molecule has 0 amide bonds. The van der Waals surface area contributed by atoms with E-state index in [1.165, 1.54) is 12.3 Å². The maximum Gasteiger partial charge on any atom is 0.337 e. The molecule has 0 radical (unpaired) electrons. The number of anilines is 2. The van der Waals surface area contributed by atoms with Gasteiger partial charge in [-0.2, -0.15) is 0 Å². The molecule has 0 fully saturated rings. The van der Waals surface area contributed by atoms with E-state index in [1.54, 1.807) is 6.20 Å². The molecular weight excluding hydrogens is 246 g/mol. The molecule has 0 saturated heterocycles. The van der Waals surface area contributed by atoms with Crippen LogP contribution in [0.1, 0.15) is 16.2 Å². The van der Waals surface area contributed by atoms with Gasteiger partial charge in [-0.3, -0.25) is 0 Å². The lowest BCUT2D eigenvalue weighted by Crippen LogP contribution is -2.11. The van der Waals surface area contributed by atoms with Gasteiger partial charge in [-0.05, 0) is 6.07 Å². The molecule has 0 aliphatic rings.